The number of thioether (sulfide) groups is 1. The minimum absolute atomic E-state index is 0.117. The van der Waals surface area contributed by atoms with Gasteiger partial charge in [0.15, 0.2) is 0 Å². The number of benzene rings is 3. The molecule has 1 fully saturated rings. The number of sulfonamides is 1. The Hall–Kier alpha value is -3.01. The molecule has 0 bridgehead atoms. The average Bonchev–Trinajstić information content (AvgIpc) is 2.96. The van der Waals surface area contributed by atoms with E-state index in [4.69, 9.17) is 4.74 Å². The molecule has 9 heteroatoms. The summed E-state index contributed by atoms with van der Waals surface area (Å²) in [6.07, 6.45) is 5.64. The summed E-state index contributed by atoms with van der Waals surface area (Å²) in [4.78, 5) is 16.8. The maximum Gasteiger partial charge on any atom is 0.264 e. The maximum absolute atomic E-state index is 13.9. The number of piperidine rings is 1. The number of rotatable bonds is 12. The highest BCUT2D eigenvalue weighted by Gasteiger charge is 2.29. The Bertz CT molecular complexity index is 1340. The molecule has 1 amide bonds. The summed E-state index contributed by atoms with van der Waals surface area (Å²) in [6, 6.07) is 21.7. The minimum atomic E-state index is -4.05. The maximum atomic E-state index is 13.9. The first-order chi connectivity index (χ1) is 18.9. The van der Waals surface area contributed by atoms with Gasteiger partial charge < -0.3 is 10.1 Å². The Morgan fingerprint density at radius 2 is 1.62 bits per heavy atom. The van der Waals surface area contributed by atoms with Gasteiger partial charge in [-0.2, -0.15) is 0 Å². The molecule has 1 saturated heterocycles. The molecule has 0 saturated carbocycles. The Morgan fingerprint density at radius 1 is 0.949 bits per heavy atom. The van der Waals surface area contributed by atoms with E-state index in [-0.39, 0.29) is 11.4 Å². The number of hydrogen-bond donors (Lipinski definition) is 1. The van der Waals surface area contributed by atoms with Crippen LogP contribution in [0.3, 0.4) is 0 Å². The summed E-state index contributed by atoms with van der Waals surface area (Å²) >= 11 is 1.53. The molecule has 208 valence electrons. The van der Waals surface area contributed by atoms with Crippen LogP contribution in [0.1, 0.15) is 37.3 Å². The van der Waals surface area contributed by atoms with Gasteiger partial charge in [-0.1, -0.05) is 42.8 Å². The molecule has 1 N–H and O–H groups in total. The molecule has 3 aromatic carbocycles. The number of amides is 1. The molecular formula is C30H37N3O4S2. The molecule has 1 aliphatic heterocycles. The van der Waals surface area contributed by atoms with Crippen LogP contribution in [0.15, 0.2) is 82.6 Å². The summed E-state index contributed by atoms with van der Waals surface area (Å²) in [5, 5.41) is 2.96. The molecule has 4 rings (SSSR count). The van der Waals surface area contributed by atoms with Gasteiger partial charge in [0.1, 0.15) is 12.3 Å². The van der Waals surface area contributed by atoms with Crippen molar-refractivity contribution in [2.75, 3.05) is 36.8 Å². The van der Waals surface area contributed by atoms with Gasteiger partial charge in [-0.15, -0.1) is 11.8 Å². The van der Waals surface area contributed by atoms with Crippen LogP contribution in [0.4, 0.5) is 5.69 Å². The van der Waals surface area contributed by atoms with E-state index >= 15 is 0 Å². The van der Waals surface area contributed by atoms with E-state index in [2.05, 4.69) is 16.3 Å². The van der Waals surface area contributed by atoms with Crippen molar-refractivity contribution in [1.82, 2.24) is 10.2 Å². The molecule has 0 radical (unpaired) electrons. The first kappa shape index (κ1) is 29.0. The number of carbonyl (C=O) groups excluding carboxylic acids is 1. The van der Waals surface area contributed by atoms with Crippen molar-refractivity contribution >= 4 is 33.4 Å². The number of nitrogens with one attached hydrogen (secondary N) is 1. The summed E-state index contributed by atoms with van der Waals surface area (Å²) in [7, 11) is -4.05. The smallest absolute Gasteiger partial charge is 0.264 e. The molecule has 0 aliphatic carbocycles. The van der Waals surface area contributed by atoms with Crippen molar-refractivity contribution in [3.05, 3.63) is 83.9 Å². The number of ether oxygens (including phenoxy) is 1. The Morgan fingerprint density at radius 3 is 2.31 bits per heavy atom. The number of anilines is 1. The molecule has 0 unspecified atom stereocenters. The molecule has 1 aliphatic rings. The zero-order valence-corrected chi connectivity index (χ0v) is 24.3. The first-order valence-electron chi connectivity index (χ1n) is 13.4. The summed E-state index contributed by atoms with van der Waals surface area (Å²) < 4.78 is 34.6. The molecule has 0 spiro atoms. The number of para-hydroxylation sites is 2. The Kier molecular flexibility index (Phi) is 10.3. The fourth-order valence-corrected chi connectivity index (χ4v) is 6.58. The fourth-order valence-electron chi connectivity index (χ4n) is 4.74. The van der Waals surface area contributed by atoms with Crippen LogP contribution in [0.2, 0.25) is 0 Å². The van der Waals surface area contributed by atoms with E-state index in [0.717, 1.165) is 34.4 Å². The molecule has 3 aromatic rings. The van der Waals surface area contributed by atoms with Crippen molar-refractivity contribution in [2.24, 2.45) is 0 Å². The Balaban J connectivity index is 1.55. The van der Waals surface area contributed by atoms with E-state index in [9.17, 15) is 13.2 Å². The SMILES string of the molecule is CCOc1ccccc1N(CC(=O)NCc1ccccc1CN1CCCCC1)S(=O)(=O)c1ccc(SC)cc1. The summed E-state index contributed by atoms with van der Waals surface area (Å²) in [5.74, 6) is 0.0161. The van der Waals surface area contributed by atoms with E-state index in [0.29, 0.717) is 24.6 Å². The van der Waals surface area contributed by atoms with Gasteiger partial charge in [-0.3, -0.25) is 14.0 Å². The summed E-state index contributed by atoms with van der Waals surface area (Å²) in [5.41, 5.74) is 2.54. The molecular weight excluding hydrogens is 530 g/mol. The first-order valence-corrected chi connectivity index (χ1v) is 16.0. The van der Waals surface area contributed by atoms with Crippen molar-refractivity contribution in [3.63, 3.8) is 0 Å². The highest BCUT2D eigenvalue weighted by atomic mass is 32.2. The monoisotopic (exact) mass is 567 g/mol. The normalized spacial score (nSPS) is 14.1. The topological polar surface area (TPSA) is 79.0 Å². The van der Waals surface area contributed by atoms with Crippen LogP contribution < -0.4 is 14.4 Å². The van der Waals surface area contributed by atoms with E-state index < -0.39 is 15.9 Å². The highest BCUT2D eigenvalue weighted by molar-refractivity contribution is 7.98. The van der Waals surface area contributed by atoms with Gasteiger partial charge in [0.25, 0.3) is 10.0 Å². The second-order valence-corrected chi connectivity index (χ2v) is 12.2. The molecule has 1 heterocycles. The average molecular weight is 568 g/mol. The van der Waals surface area contributed by atoms with Crippen LogP contribution in [0.5, 0.6) is 5.75 Å². The Labute approximate surface area is 236 Å². The lowest BCUT2D eigenvalue weighted by molar-refractivity contribution is -0.119. The quantitative estimate of drug-likeness (QED) is 0.299. The molecule has 0 atom stereocenters. The lowest BCUT2D eigenvalue weighted by Gasteiger charge is -2.27. The van der Waals surface area contributed by atoms with Crippen molar-refractivity contribution in [1.29, 1.82) is 0 Å². The number of hydrogen-bond acceptors (Lipinski definition) is 6. The van der Waals surface area contributed by atoms with Gasteiger partial charge in [-0.05, 0) is 86.6 Å². The van der Waals surface area contributed by atoms with Crippen LogP contribution in [-0.2, 0) is 27.9 Å². The zero-order valence-electron chi connectivity index (χ0n) is 22.6. The lowest BCUT2D eigenvalue weighted by atomic mass is 10.0. The molecule has 0 aromatic heterocycles. The van der Waals surface area contributed by atoms with E-state index in [1.54, 1.807) is 48.5 Å². The fraction of sp³-hybridized carbons (Fsp3) is 0.367. The second-order valence-electron chi connectivity index (χ2n) is 9.47. The van der Waals surface area contributed by atoms with Crippen molar-refractivity contribution in [3.8, 4) is 5.75 Å². The third-order valence-electron chi connectivity index (χ3n) is 6.81. The van der Waals surface area contributed by atoms with Gasteiger partial charge in [-0.25, -0.2) is 8.42 Å². The van der Waals surface area contributed by atoms with Crippen LogP contribution in [-0.4, -0.2) is 51.7 Å². The molecule has 39 heavy (non-hydrogen) atoms. The van der Waals surface area contributed by atoms with Crippen LogP contribution in [0.25, 0.3) is 0 Å². The van der Waals surface area contributed by atoms with Crippen molar-refractivity contribution < 1.29 is 17.9 Å². The van der Waals surface area contributed by atoms with Crippen LogP contribution in [0, 0.1) is 0 Å². The third-order valence-corrected chi connectivity index (χ3v) is 9.32. The van der Waals surface area contributed by atoms with E-state index in [1.807, 2.05) is 31.4 Å². The van der Waals surface area contributed by atoms with Crippen LogP contribution >= 0.6 is 11.8 Å². The standard InChI is InChI=1S/C30H37N3O4S2/c1-3-37-29-14-8-7-13-28(29)33(39(35,36)27-17-15-26(38-2)16-18-27)23-30(34)31-21-24-11-5-6-12-25(24)22-32-19-9-4-10-20-32/h5-8,11-18H,3-4,9-10,19-23H2,1-2H3,(H,31,34). The minimum Gasteiger partial charge on any atom is -0.492 e. The van der Waals surface area contributed by atoms with Gasteiger partial charge in [0.2, 0.25) is 5.91 Å². The van der Waals surface area contributed by atoms with Gasteiger partial charge in [0, 0.05) is 18.0 Å². The molecule has 7 nitrogen and oxygen atoms in total. The highest BCUT2D eigenvalue weighted by Crippen LogP contribution is 2.33. The number of nitrogens with zero attached hydrogens (tertiary/aromatic N) is 2. The van der Waals surface area contributed by atoms with E-state index in [1.165, 1.54) is 36.6 Å². The van der Waals surface area contributed by atoms with Crippen molar-refractivity contribution in [2.45, 2.75) is 49.1 Å². The predicted molar refractivity (Wildman–Crippen MR) is 158 cm³/mol. The summed E-state index contributed by atoms with van der Waals surface area (Å²) in [6.45, 7) is 5.19. The lowest BCUT2D eigenvalue weighted by Crippen LogP contribution is -2.41. The van der Waals surface area contributed by atoms with Gasteiger partial charge >= 0.3 is 0 Å². The second kappa shape index (κ2) is 13.9. The van der Waals surface area contributed by atoms with Gasteiger partial charge in [0.05, 0.1) is 17.2 Å². The number of carbonyl (C=O) groups is 1. The third kappa shape index (κ3) is 7.56. The number of likely N-dealkylation sites (tertiary alicyclic amines) is 1. The largest absolute Gasteiger partial charge is 0.492 e. The zero-order chi connectivity index (χ0) is 27.7. The predicted octanol–water partition coefficient (Wildman–Crippen LogP) is 5.30.